The van der Waals surface area contributed by atoms with Crippen LogP contribution in [0.1, 0.15) is 18.1 Å². The zero-order chi connectivity index (χ0) is 16.7. The Kier molecular flexibility index (Phi) is 15.9. The van der Waals surface area contributed by atoms with E-state index in [4.69, 9.17) is 11.5 Å². The first-order chi connectivity index (χ1) is 10.1. The number of nitrogens with two attached hydrogens (primary N) is 2. The number of rotatable bonds is 1. The number of thiol groups is 2. The Bertz CT molecular complexity index is 453. The molecular formula is C17H28N2S2. The molecule has 0 unspecified atom stereocenters. The van der Waals surface area contributed by atoms with E-state index in [0.717, 1.165) is 23.4 Å². The van der Waals surface area contributed by atoms with E-state index >= 15 is 0 Å². The Morgan fingerprint density at radius 3 is 1.48 bits per heavy atom. The Balaban J connectivity index is 0. The average Bonchev–Trinajstić information content (AvgIpc) is 2.55. The van der Waals surface area contributed by atoms with Crippen molar-refractivity contribution in [2.75, 3.05) is 24.0 Å². The highest BCUT2D eigenvalue weighted by atomic mass is 32.1. The standard InChI is InChI=1S/C8H11N.C7H9N.2CH4S/c1-2-7-5-3-4-6-8(7)9;1-6-4-2-3-5-7(6)8;2*1-2/h3-6H,2,9H2,1H3;2-5H,8H2,1H3;2*2H,1H3. The van der Waals surface area contributed by atoms with Crippen molar-refractivity contribution in [3.8, 4) is 0 Å². The van der Waals surface area contributed by atoms with Gasteiger partial charge in [-0.3, -0.25) is 0 Å². The van der Waals surface area contributed by atoms with E-state index in [9.17, 15) is 0 Å². The number of hydrogen-bond acceptors (Lipinski definition) is 4. The lowest BCUT2D eigenvalue weighted by Crippen LogP contribution is -1.90. The van der Waals surface area contributed by atoms with E-state index in [1.54, 1.807) is 12.5 Å². The zero-order valence-corrected chi connectivity index (χ0v) is 15.2. The number of benzene rings is 2. The Morgan fingerprint density at radius 1 is 0.762 bits per heavy atom. The van der Waals surface area contributed by atoms with Gasteiger partial charge in [-0.1, -0.05) is 43.3 Å². The van der Waals surface area contributed by atoms with Crippen molar-refractivity contribution in [2.24, 2.45) is 0 Å². The third kappa shape index (κ3) is 10.2. The van der Waals surface area contributed by atoms with Crippen LogP contribution in [0.4, 0.5) is 11.4 Å². The maximum absolute atomic E-state index is 5.63. The predicted octanol–water partition coefficient (Wildman–Crippen LogP) is 4.50. The fourth-order valence-electron chi connectivity index (χ4n) is 1.44. The highest BCUT2D eigenvalue weighted by Crippen LogP contribution is 2.09. The molecule has 2 rings (SSSR count). The smallest absolute Gasteiger partial charge is 0.0346 e. The number of anilines is 2. The van der Waals surface area contributed by atoms with Crippen LogP contribution in [-0.4, -0.2) is 12.5 Å². The van der Waals surface area contributed by atoms with Crippen LogP contribution < -0.4 is 11.5 Å². The summed E-state index contributed by atoms with van der Waals surface area (Å²) in [6.07, 6.45) is 4.41. The quantitative estimate of drug-likeness (QED) is 0.461. The van der Waals surface area contributed by atoms with Crippen molar-refractivity contribution in [3.63, 3.8) is 0 Å². The van der Waals surface area contributed by atoms with Crippen molar-refractivity contribution in [1.29, 1.82) is 0 Å². The molecule has 2 nitrogen and oxygen atoms in total. The van der Waals surface area contributed by atoms with Crippen LogP contribution in [0.5, 0.6) is 0 Å². The number of nitrogen functional groups attached to an aromatic ring is 2. The van der Waals surface area contributed by atoms with Crippen LogP contribution in [0.25, 0.3) is 0 Å². The molecule has 4 N–H and O–H groups in total. The molecule has 21 heavy (non-hydrogen) atoms. The van der Waals surface area contributed by atoms with Crippen LogP contribution in [-0.2, 0) is 6.42 Å². The molecule has 0 amide bonds. The fraction of sp³-hybridized carbons (Fsp3) is 0.294. The van der Waals surface area contributed by atoms with Gasteiger partial charge < -0.3 is 11.5 Å². The van der Waals surface area contributed by atoms with Crippen molar-refractivity contribution in [1.82, 2.24) is 0 Å². The maximum Gasteiger partial charge on any atom is 0.0346 e. The molecule has 0 heterocycles. The predicted molar refractivity (Wildman–Crippen MR) is 106 cm³/mol. The van der Waals surface area contributed by atoms with Crippen LogP contribution in [0.3, 0.4) is 0 Å². The van der Waals surface area contributed by atoms with Gasteiger partial charge >= 0.3 is 0 Å². The fourth-order valence-corrected chi connectivity index (χ4v) is 1.44. The first-order valence-corrected chi connectivity index (χ1v) is 8.48. The van der Waals surface area contributed by atoms with Crippen LogP contribution in [0.2, 0.25) is 0 Å². The van der Waals surface area contributed by atoms with Crippen molar-refractivity contribution in [3.05, 3.63) is 59.7 Å². The van der Waals surface area contributed by atoms with E-state index in [1.165, 1.54) is 5.56 Å². The first kappa shape index (κ1) is 22.0. The Hall–Kier alpha value is -1.26. The van der Waals surface area contributed by atoms with Gasteiger partial charge in [-0.25, -0.2) is 0 Å². The summed E-state index contributed by atoms with van der Waals surface area (Å²) < 4.78 is 0. The summed E-state index contributed by atoms with van der Waals surface area (Å²) in [6.45, 7) is 4.10. The third-order valence-electron chi connectivity index (χ3n) is 2.62. The normalized spacial score (nSPS) is 8.10. The van der Waals surface area contributed by atoms with Crippen molar-refractivity contribution >= 4 is 36.6 Å². The van der Waals surface area contributed by atoms with Gasteiger partial charge in [0.05, 0.1) is 0 Å². The summed E-state index contributed by atoms with van der Waals surface area (Å²) in [5.74, 6) is 0. The topological polar surface area (TPSA) is 52.0 Å². The summed E-state index contributed by atoms with van der Waals surface area (Å²) in [7, 11) is 0. The van der Waals surface area contributed by atoms with Crippen LogP contribution in [0, 0.1) is 6.92 Å². The zero-order valence-electron chi connectivity index (χ0n) is 13.4. The molecule has 0 spiro atoms. The molecule has 0 aliphatic rings. The Labute approximate surface area is 140 Å². The average molecular weight is 325 g/mol. The second-order valence-electron chi connectivity index (χ2n) is 3.91. The van der Waals surface area contributed by atoms with Gasteiger partial charge in [-0.05, 0) is 49.1 Å². The summed E-state index contributed by atoms with van der Waals surface area (Å²) in [4.78, 5) is 0. The van der Waals surface area contributed by atoms with Crippen molar-refractivity contribution in [2.45, 2.75) is 20.3 Å². The molecule has 2 aromatic rings. The molecular weight excluding hydrogens is 296 g/mol. The molecule has 0 saturated carbocycles. The van der Waals surface area contributed by atoms with Crippen LogP contribution >= 0.6 is 25.3 Å². The van der Waals surface area contributed by atoms with Gasteiger partial charge in [0.2, 0.25) is 0 Å². The van der Waals surface area contributed by atoms with Crippen molar-refractivity contribution < 1.29 is 0 Å². The van der Waals surface area contributed by atoms with Gasteiger partial charge in [0.15, 0.2) is 0 Å². The minimum Gasteiger partial charge on any atom is -0.399 e. The van der Waals surface area contributed by atoms with Gasteiger partial charge in [-0.15, -0.1) is 0 Å². The molecule has 4 heteroatoms. The maximum atomic E-state index is 5.63. The molecule has 0 aromatic heterocycles. The number of para-hydroxylation sites is 2. The molecule has 0 fully saturated rings. The highest BCUT2D eigenvalue weighted by Gasteiger charge is 1.90. The molecule has 118 valence electrons. The lowest BCUT2D eigenvalue weighted by atomic mass is 10.1. The Morgan fingerprint density at radius 2 is 1.19 bits per heavy atom. The molecule has 0 atom stereocenters. The van der Waals surface area contributed by atoms with E-state index in [1.807, 2.05) is 49.4 Å². The minimum absolute atomic E-state index is 0.868. The first-order valence-electron chi connectivity index (χ1n) is 6.69. The van der Waals surface area contributed by atoms with Gasteiger partial charge in [0, 0.05) is 11.4 Å². The number of aryl methyl sites for hydroxylation is 2. The van der Waals surface area contributed by atoms with Gasteiger partial charge in [0.1, 0.15) is 0 Å². The second-order valence-corrected chi connectivity index (χ2v) is 3.91. The summed E-state index contributed by atoms with van der Waals surface area (Å²) in [6, 6.07) is 15.7. The SMILES string of the molecule is CCc1ccccc1N.CS.CS.Cc1ccccc1N. The summed E-state index contributed by atoms with van der Waals surface area (Å²) >= 11 is 7.06. The molecule has 0 aliphatic heterocycles. The molecule has 0 saturated heterocycles. The highest BCUT2D eigenvalue weighted by molar-refractivity contribution is 7.79. The molecule has 0 aliphatic carbocycles. The summed E-state index contributed by atoms with van der Waals surface area (Å²) in [5, 5.41) is 0. The molecule has 2 aromatic carbocycles. The van der Waals surface area contributed by atoms with Gasteiger partial charge in [-0.2, -0.15) is 25.3 Å². The van der Waals surface area contributed by atoms with Gasteiger partial charge in [0.25, 0.3) is 0 Å². The molecule has 0 bridgehead atoms. The number of hydrogen-bond donors (Lipinski definition) is 4. The minimum atomic E-state index is 0.868. The lowest BCUT2D eigenvalue weighted by molar-refractivity contribution is 1.14. The molecule has 0 radical (unpaired) electrons. The summed E-state index contributed by atoms with van der Waals surface area (Å²) in [5.41, 5.74) is 15.3. The lowest BCUT2D eigenvalue weighted by Gasteiger charge is -1.98. The third-order valence-corrected chi connectivity index (χ3v) is 2.62. The van der Waals surface area contributed by atoms with E-state index < -0.39 is 0 Å². The van der Waals surface area contributed by atoms with E-state index in [2.05, 4.69) is 38.2 Å². The largest absolute Gasteiger partial charge is 0.399 e. The van der Waals surface area contributed by atoms with Crippen LogP contribution in [0.15, 0.2) is 48.5 Å². The second kappa shape index (κ2) is 15.1. The van der Waals surface area contributed by atoms with E-state index in [0.29, 0.717) is 0 Å². The monoisotopic (exact) mass is 324 g/mol. The van der Waals surface area contributed by atoms with E-state index in [-0.39, 0.29) is 0 Å².